The molecule has 4 heterocycles. The van der Waals surface area contributed by atoms with Gasteiger partial charge in [-0.25, -0.2) is 0 Å². The number of anilines is 2. The molecule has 39 heavy (non-hydrogen) atoms. The van der Waals surface area contributed by atoms with E-state index >= 15 is 0 Å². The van der Waals surface area contributed by atoms with Crippen molar-refractivity contribution in [3.05, 3.63) is 99.6 Å². The molecule has 8 nitrogen and oxygen atoms in total. The molecule has 2 N–H and O–H groups in total. The molecular formula is C31H33N5O3. The Morgan fingerprint density at radius 3 is 2.74 bits per heavy atom. The van der Waals surface area contributed by atoms with E-state index in [-0.39, 0.29) is 5.56 Å². The van der Waals surface area contributed by atoms with E-state index in [0.717, 1.165) is 83.6 Å². The number of benzene rings is 2. The lowest BCUT2D eigenvalue weighted by atomic mass is 9.96. The summed E-state index contributed by atoms with van der Waals surface area (Å²) in [6.45, 7) is 4.41. The first-order valence-corrected chi connectivity index (χ1v) is 13.3. The van der Waals surface area contributed by atoms with E-state index in [1.807, 2.05) is 50.6 Å². The van der Waals surface area contributed by atoms with Crippen molar-refractivity contribution >= 4 is 11.4 Å². The van der Waals surface area contributed by atoms with Crippen LogP contribution in [0.3, 0.4) is 0 Å². The van der Waals surface area contributed by atoms with Crippen molar-refractivity contribution in [2.75, 3.05) is 50.6 Å². The topological polar surface area (TPSA) is 82.7 Å². The Hall–Kier alpha value is -4.14. The van der Waals surface area contributed by atoms with Gasteiger partial charge in [-0.05, 0) is 67.7 Å². The van der Waals surface area contributed by atoms with Crippen LogP contribution in [0.2, 0.25) is 0 Å². The maximum absolute atomic E-state index is 12.6. The minimum atomic E-state index is -0.124. The van der Waals surface area contributed by atoms with Gasteiger partial charge in [-0.1, -0.05) is 12.1 Å². The van der Waals surface area contributed by atoms with E-state index in [0.29, 0.717) is 13.2 Å². The summed E-state index contributed by atoms with van der Waals surface area (Å²) in [7, 11) is 4.09. The SMILES string of the molecule is CN(C)Cc1cc(CNc2ccc3c(c2)Cc2cccc(-c4cc(N5CCOCC5)cc(=O)[nH]4)c2O3)ccn1. The van der Waals surface area contributed by atoms with Gasteiger partial charge in [0.15, 0.2) is 0 Å². The van der Waals surface area contributed by atoms with Crippen molar-refractivity contribution < 1.29 is 9.47 Å². The average Bonchev–Trinajstić information content (AvgIpc) is 2.94. The fourth-order valence-corrected chi connectivity index (χ4v) is 5.23. The van der Waals surface area contributed by atoms with Crippen molar-refractivity contribution in [1.29, 1.82) is 0 Å². The van der Waals surface area contributed by atoms with Crippen molar-refractivity contribution in [1.82, 2.24) is 14.9 Å². The van der Waals surface area contributed by atoms with Gasteiger partial charge in [0, 0.05) is 67.4 Å². The number of nitrogens with zero attached hydrogens (tertiary/aromatic N) is 3. The van der Waals surface area contributed by atoms with E-state index in [1.54, 1.807) is 6.07 Å². The molecule has 0 amide bonds. The highest BCUT2D eigenvalue weighted by molar-refractivity contribution is 5.74. The molecule has 0 radical (unpaired) electrons. The van der Waals surface area contributed by atoms with Crippen molar-refractivity contribution in [2.24, 2.45) is 0 Å². The van der Waals surface area contributed by atoms with Crippen LogP contribution in [0.1, 0.15) is 22.4 Å². The summed E-state index contributed by atoms with van der Waals surface area (Å²) < 4.78 is 11.9. The number of ether oxygens (including phenoxy) is 2. The quantitative estimate of drug-likeness (QED) is 0.322. The number of para-hydroxylation sites is 1. The van der Waals surface area contributed by atoms with Crippen LogP contribution in [0.25, 0.3) is 11.3 Å². The number of nitrogens with one attached hydrogen (secondary N) is 2. The van der Waals surface area contributed by atoms with Crippen LogP contribution in [0.15, 0.2) is 71.7 Å². The summed E-state index contributed by atoms with van der Waals surface area (Å²) in [4.78, 5) is 24.4. The number of aromatic amines is 1. The number of pyridine rings is 2. The van der Waals surface area contributed by atoms with Crippen LogP contribution in [-0.4, -0.2) is 55.3 Å². The Morgan fingerprint density at radius 2 is 1.90 bits per heavy atom. The van der Waals surface area contributed by atoms with Gasteiger partial charge >= 0.3 is 0 Å². The smallest absolute Gasteiger partial charge is 0.250 e. The monoisotopic (exact) mass is 523 g/mol. The van der Waals surface area contributed by atoms with Gasteiger partial charge in [-0.2, -0.15) is 0 Å². The van der Waals surface area contributed by atoms with Crippen molar-refractivity contribution in [3.8, 4) is 22.8 Å². The molecule has 6 rings (SSSR count). The summed E-state index contributed by atoms with van der Waals surface area (Å²) in [5, 5.41) is 3.55. The molecule has 0 unspecified atom stereocenters. The maximum atomic E-state index is 12.6. The summed E-state index contributed by atoms with van der Waals surface area (Å²) >= 11 is 0. The molecule has 0 bridgehead atoms. The molecule has 0 spiro atoms. The fourth-order valence-electron chi connectivity index (χ4n) is 5.23. The molecule has 2 aliphatic rings. The number of hydrogen-bond donors (Lipinski definition) is 2. The summed E-state index contributed by atoms with van der Waals surface area (Å²) in [5.41, 5.74) is 7.95. The van der Waals surface area contributed by atoms with Gasteiger partial charge in [0.2, 0.25) is 5.56 Å². The van der Waals surface area contributed by atoms with E-state index in [1.165, 1.54) is 5.56 Å². The number of fused-ring (bicyclic) bond motifs is 2. The third kappa shape index (κ3) is 5.67. The predicted octanol–water partition coefficient (Wildman–Crippen LogP) is 4.64. The third-order valence-corrected chi connectivity index (χ3v) is 7.10. The van der Waals surface area contributed by atoms with Gasteiger partial charge in [0.25, 0.3) is 0 Å². The molecule has 2 aromatic carbocycles. The van der Waals surface area contributed by atoms with Gasteiger partial charge in [-0.15, -0.1) is 0 Å². The molecule has 200 valence electrons. The van der Waals surface area contributed by atoms with Crippen molar-refractivity contribution in [2.45, 2.75) is 19.5 Å². The highest BCUT2D eigenvalue weighted by Gasteiger charge is 2.22. The van der Waals surface area contributed by atoms with E-state index in [2.05, 4.69) is 49.4 Å². The van der Waals surface area contributed by atoms with E-state index in [4.69, 9.17) is 9.47 Å². The second kappa shape index (κ2) is 10.9. The molecule has 0 aliphatic carbocycles. The standard InChI is InChI=1S/C31H33N5O3/c1-35(2)20-25-14-21(8-9-32-25)19-33-24-6-7-29-23(16-24)15-22-4-3-5-27(31(22)39-29)28-17-26(18-30(37)34-28)36-10-12-38-13-11-36/h3-9,14,16-18,33H,10-13,15,19-20H2,1-2H3,(H,34,37). The van der Waals surface area contributed by atoms with E-state index in [9.17, 15) is 4.79 Å². The highest BCUT2D eigenvalue weighted by atomic mass is 16.5. The minimum Gasteiger partial charge on any atom is -0.456 e. The molecule has 2 aromatic heterocycles. The molecule has 1 saturated heterocycles. The molecule has 2 aliphatic heterocycles. The van der Waals surface area contributed by atoms with Crippen LogP contribution in [-0.2, 0) is 24.2 Å². The molecule has 4 aromatic rings. The van der Waals surface area contributed by atoms with Gasteiger partial charge in [-0.3, -0.25) is 9.78 Å². The first-order chi connectivity index (χ1) is 19.0. The Bertz CT molecular complexity index is 1540. The molecular weight excluding hydrogens is 490 g/mol. The van der Waals surface area contributed by atoms with Gasteiger partial charge in [0.1, 0.15) is 11.5 Å². The lowest BCUT2D eigenvalue weighted by Gasteiger charge is -2.29. The molecule has 0 atom stereocenters. The number of H-pyrrole nitrogens is 1. The number of morpholine rings is 1. The predicted molar refractivity (Wildman–Crippen MR) is 154 cm³/mol. The van der Waals surface area contributed by atoms with E-state index < -0.39 is 0 Å². The van der Waals surface area contributed by atoms with Crippen LogP contribution in [0, 0.1) is 0 Å². The zero-order chi connectivity index (χ0) is 26.8. The third-order valence-electron chi connectivity index (χ3n) is 7.10. The second-order valence-corrected chi connectivity index (χ2v) is 10.4. The van der Waals surface area contributed by atoms with Crippen molar-refractivity contribution in [3.63, 3.8) is 0 Å². The van der Waals surface area contributed by atoms with Crippen LogP contribution in [0.5, 0.6) is 11.5 Å². The summed E-state index contributed by atoms with van der Waals surface area (Å²) in [6, 6.07) is 20.2. The Labute approximate surface area is 228 Å². The Balaban J connectivity index is 1.22. The lowest BCUT2D eigenvalue weighted by molar-refractivity contribution is 0.122. The zero-order valence-electron chi connectivity index (χ0n) is 22.4. The number of aromatic nitrogens is 2. The largest absolute Gasteiger partial charge is 0.456 e. The second-order valence-electron chi connectivity index (χ2n) is 10.4. The minimum absolute atomic E-state index is 0.124. The molecule has 1 fully saturated rings. The molecule has 8 heteroatoms. The van der Waals surface area contributed by atoms with Crippen LogP contribution >= 0.6 is 0 Å². The first kappa shape index (κ1) is 25.2. The summed E-state index contributed by atoms with van der Waals surface area (Å²) in [5.74, 6) is 1.63. The van der Waals surface area contributed by atoms with Crippen LogP contribution in [0.4, 0.5) is 11.4 Å². The number of rotatable bonds is 7. The Kier molecular flexibility index (Phi) is 7.04. The normalized spacial score (nSPS) is 14.5. The summed E-state index contributed by atoms with van der Waals surface area (Å²) in [6.07, 6.45) is 2.62. The lowest BCUT2D eigenvalue weighted by Crippen LogP contribution is -2.36. The highest BCUT2D eigenvalue weighted by Crippen LogP contribution is 2.43. The van der Waals surface area contributed by atoms with Crippen LogP contribution < -0.4 is 20.5 Å². The first-order valence-electron chi connectivity index (χ1n) is 13.3. The Morgan fingerprint density at radius 1 is 1.03 bits per heavy atom. The average molecular weight is 524 g/mol. The molecule has 0 saturated carbocycles. The van der Waals surface area contributed by atoms with Gasteiger partial charge in [0.05, 0.1) is 24.6 Å². The van der Waals surface area contributed by atoms with Gasteiger partial charge < -0.3 is 29.6 Å². The zero-order valence-corrected chi connectivity index (χ0v) is 22.4. The maximum Gasteiger partial charge on any atom is 0.250 e. The number of hydrogen-bond acceptors (Lipinski definition) is 7. The fraction of sp³-hybridized carbons (Fsp3) is 0.290.